The molecule has 26 heavy (non-hydrogen) atoms. The fraction of sp³-hybridized carbons (Fsp3) is 0.429. The second kappa shape index (κ2) is 8.32. The van der Waals surface area contributed by atoms with Crippen molar-refractivity contribution in [2.24, 2.45) is 0 Å². The number of carbonyl (C=O) groups is 1. The Bertz CT molecular complexity index is 708. The lowest BCUT2D eigenvalue weighted by Gasteiger charge is -2.36. The van der Waals surface area contributed by atoms with Crippen LogP contribution >= 0.6 is 0 Å². The highest BCUT2D eigenvalue weighted by molar-refractivity contribution is 5.83. The van der Waals surface area contributed by atoms with Crippen molar-refractivity contribution < 1.29 is 9.53 Å². The molecule has 2 heterocycles. The van der Waals surface area contributed by atoms with Gasteiger partial charge in [0.15, 0.2) is 0 Å². The molecule has 1 fully saturated rings. The average Bonchev–Trinajstić information content (AvgIpc) is 2.64. The van der Waals surface area contributed by atoms with Crippen LogP contribution in [0.4, 0.5) is 0 Å². The van der Waals surface area contributed by atoms with Crippen LogP contribution in [0.1, 0.15) is 30.0 Å². The number of hydrogen-bond acceptors (Lipinski definition) is 4. The molecule has 0 radical (unpaired) electrons. The van der Waals surface area contributed by atoms with E-state index in [4.69, 9.17) is 4.74 Å². The molecule has 0 bridgehead atoms. The van der Waals surface area contributed by atoms with E-state index in [1.165, 1.54) is 5.56 Å². The van der Waals surface area contributed by atoms with Crippen molar-refractivity contribution in [3.05, 3.63) is 59.9 Å². The van der Waals surface area contributed by atoms with Crippen molar-refractivity contribution in [1.82, 2.24) is 14.8 Å². The average molecular weight is 353 g/mol. The van der Waals surface area contributed by atoms with Gasteiger partial charge in [-0.1, -0.05) is 29.8 Å². The highest BCUT2D eigenvalue weighted by Gasteiger charge is 2.31. The summed E-state index contributed by atoms with van der Waals surface area (Å²) in [6, 6.07) is 11.8. The molecular weight excluding hydrogens is 326 g/mol. The second-order valence-corrected chi connectivity index (χ2v) is 7.11. The first kappa shape index (κ1) is 18.4. The zero-order chi connectivity index (χ0) is 18.5. The molecule has 138 valence electrons. The number of aryl methyl sites for hydroxylation is 1. The van der Waals surface area contributed by atoms with Gasteiger partial charge in [0, 0.05) is 32.1 Å². The quantitative estimate of drug-likeness (QED) is 0.829. The van der Waals surface area contributed by atoms with Gasteiger partial charge in [0.1, 0.15) is 17.9 Å². The predicted octanol–water partition coefficient (Wildman–Crippen LogP) is 3.06. The molecule has 1 saturated heterocycles. The highest BCUT2D eigenvalue weighted by Crippen LogP contribution is 2.25. The minimum absolute atomic E-state index is 0.139. The third-order valence-electron chi connectivity index (χ3n) is 4.83. The first-order valence-corrected chi connectivity index (χ1v) is 9.13. The molecule has 0 unspecified atom stereocenters. The molecule has 1 atom stereocenters. The van der Waals surface area contributed by atoms with Crippen LogP contribution in [0, 0.1) is 6.92 Å². The van der Waals surface area contributed by atoms with Crippen LogP contribution in [0.3, 0.4) is 0 Å². The van der Waals surface area contributed by atoms with Crippen LogP contribution < -0.4 is 4.74 Å². The first-order valence-electron chi connectivity index (χ1n) is 9.13. The number of ether oxygens (including phenoxy) is 1. The molecule has 0 aliphatic carbocycles. The van der Waals surface area contributed by atoms with E-state index in [0.717, 1.165) is 37.2 Å². The Balaban J connectivity index is 1.62. The molecule has 3 rings (SSSR count). The van der Waals surface area contributed by atoms with Crippen LogP contribution in [-0.4, -0.2) is 54.0 Å². The zero-order valence-corrected chi connectivity index (χ0v) is 15.8. The Hall–Kier alpha value is -2.40. The van der Waals surface area contributed by atoms with Crippen molar-refractivity contribution in [2.75, 3.05) is 27.2 Å². The van der Waals surface area contributed by atoms with Crippen LogP contribution in [0.5, 0.6) is 5.75 Å². The molecule has 1 aliphatic heterocycles. The first-order chi connectivity index (χ1) is 12.5. The van der Waals surface area contributed by atoms with Gasteiger partial charge in [0.2, 0.25) is 5.91 Å². The number of likely N-dealkylation sites (tertiary alicyclic amines) is 1. The van der Waals surface area contributed by atoms with Gasteiger partial charge in [-0.25, -0.2) is 0 Å². The number of hydrogen-bond donors (Lipinski definition) is 0. The topological polar surface area (TPSA) is 45.7 Å². The Kier molecular flexibility index (Phi) is 5.89. The standard InChI is InChI=1S/C21H27N3O2/c1-16-6-8-17(9-7-16)20(23(2)3)21(25)24-13-10-18(11-14-24)26-19-5-4-12-22-15-19/h4-9,12,15,18,20H,10-11,13-14H2,1-3H3/t20-/m1/s1. The number of rotatable bonds is 5. The summed E-state index contributed by atoms with van der Waals surface area (Å²) in [6.07, 6.45) is 5.29. The third-order valence-corrected chi connectivity index (χ3v) is 4.83. The number of carbonyl (C=O) groups excluding carboxylic acids is 1. The van der Waals surface area contributed by atoms with Crippen molar-refractivity contribution in [3.63, 3.8) is 0 Å². The smallest absolute Gasteiger partial charge is 0.244 e. The lowest BCUT2D eigenvalue weighted by Crippen LogP contribution is -2.46. The van der Waals surface area contributed by atoms with E-state index < -0.39 is 0 Å². The van der Waals surface area contributed by atoms with Gasteiger partial charge in [0.25, 0.3) is 0 Å². The molecule has 5 heteroatoms. The monoisotopic (exact) mass is 353 g/mol. The molecule has 1 amide bonds. The van der Waals surface area contributed by atoms with Gasteiger partial charge in [-0.05, 0) is 38.7 Å². The summed E-state index contributed by atoms with van der Waals surface area (Å²) in [4.78, 5) is 21.2. The van der Waals surface area contributed by atoms with Crippen LogP contribution in [0.15, 0.2) is 48.8 Å². The van der Waals surface area contributed by atoms with Crippen molar-refractivity contribution >= 4 is 5.91 Å². The lowest BCUT2D eigenvalue weighted by molar-refractivity contribution is -0.138. The Morgan fingerprint density at radius 3 is 2.46 bits per heavy atom. The van der Waals surface area contributed by atoms with Crippen molar-refractivity contribution in [2.45, 2.75) is 31.9 Å². The molecule has 0 N–H and O–H groups in total. The summed E-state index contributed by atoms with van der Waals surface area (Å²) in [7, 11) is 3.92. The summed E-state index contributed by atoms with van der Waals surface area (Å²) in [5.41, 5.74) is 2.24. The van der Waals surface area contributed by atoms with Gasteiger partial charge in [-0.3, -0.25) is 14.7 Å². The number of piperidine rings is 1. The fourth-order valence-electron chi connectivity index (χ4n) is 3.39. The number of amides is 1. The summed E-state index contributed by atoms with van der Waals surface area (Å²) >= 11 is 0. The molecule has 2 aromatic rings. The summed E-state index contributed by atoms with van der Waals surface area (Å²) in [6.45, 7) is 3.50. The second-order valence-electron chi connectivity index (χ2n) is 7.11. The molecule has 5 nitrogen and oxygen atoms in total. The van der Waals surface area contributed by atoms with Crippen LogP contribution in [-0.2, 0) is 4.79 Å². The Morgan fingerprint density at radius 1 is 1.19 bits per heavy atom. The van der Waals surface area contributed by atoms with Gasteiger partial charge in [-0.2, -0.15) is 0 Å². The number of likely N-dealkylation sites (N-methyl/N-ethyl adjacent to an activating group) is 1. The summed E-state index contributed by atoms with van der Waals surface area (Å²) < 4.78 is 5.98. The minimum atomic E-state index is -0.244. The summed E-state index contributed by atoms with van der Waals surface area (Å²) in [5, 5.41) is 0. The van der Waals surface area contributed by atoms with E-state index >= 15 is 0 Å². The summed E-state index contributed by atoms with van der Waals surface area (Å²) in [5.74, 6) is 0.960. The molecule has 1 aromatic heterocycles. The highest BCUT2D eigenvalue weighted by atomic mass is 16.5. The number of pyridine rings is 1. The maximum atomic E-state index is 13.1. The molecular formula is C21H27N3O2. The van der Waals surface area contributed by atoms with Crippen LogP contribution in [0.25, 0.3) is 0 Å². The molecule has 0 saturated carbocycles. The van der Waals surface area contributed by atoms with E-state index in [0.29, 0.717) is 0 Å². The van der Waals surface area contributed by atoms with E-state index in [9.17, 15) is 4.79 Å². The van der Waals surface area contributed by atoms with E-state index in [2.05, 4.69) is 36.2 Å². The van der Waals surface area contributed by atoms with Crippen molar-refractivity contribution in [1.29, 1.82) is 0 Å². The number of aromatic nitrogens is 1. The fourth-order valence-corrected chi connectivity index (χ4v) is 3.39. The number of nitrogens with zero attached hydrogens (tertiary/aromatic N) is 3. The third kappa shape index (κ3) is 4.41. The zero-order valence-electron chi connectivity index (χ0n) is 15.8. The van der Waals surface area contributed by atoms with Gasteiger partial charge >= 0.3 is 0 Å². The van der Waals surface area contributed by atoms with Gasteiger partial charge < -0.3 is 9.64 Å². The lowest BCUT2D eigenvalue weighted by atomic mass is 10.0. The maximum Gasteiger partial charge on any atom is 0.244 e. The van der Waals surface area contributed by atoms with E-state index in [1.807, 2.05) is 36.0 Å². The van der Waals surface area contributed by atoms with Crippen molar-refractivity contribution in [3.8, 4) is 5.75 Å². The molecule has 1 aromatic carbocycles. The largest absolute Gasteiger partial charge is 0.489 e. The van der Waals surface area contributed by atoms with Gasteiger partial charge in [-0.15, -0.1) is 0 Å². The SMILES string of the molecule is Cc1ccc([C@H](C(=O)N2CCC(Oc3cccnc3)CC2)N(C)C)cc1. The van der Waals surface area contributed by atoms with E-state index in [1.54, 1.807) is 12.4 Å². The number of benzene rings is 1. The van der Waals surface area contributed by atoms with Crippen LogP contribution in [0.2, 0.25) is 0 Å². The molecule has 1 aliphatic rings. The van der Waals surface area contributed by atoms with Gasteiger partial charge in [0.05, 0.1) is 6.20 Å². The Labute approximate surface area is 155 Å². The maximum absolute atomic E-state index is 13.1. The predicted molar refractivity (Wildman–Crippen MR) is 102 cm³/mol. The Morgan fingerprint density at radius 2 is 1.88 bits per heavy atom. The molecule has 0 spiro atoms. The minimum Gasteiger partial charge on any atom is -0.489 e. The van der Waals surface area contributed by atoms with E-state index in [-0.39, 0.29) is 18.1 Å². The normalized spacial score (nSPS) is 16.5.